The molecule has 0 aromatic rings. The van der Waals surface area contributed by atoms with Gasteiger partial charge in [0.25, 0.3) is 0 Å². The number of hydrogen-bond donors (Lipinski definition) is 0. The van der Waals surface area contributed by atoms with E-state index in [1.165, 1.54) is 28.1 Å². The smallest absolute Gasteiger partial charge is 0.303 e. The molecule has 0 aliphatic rings. The molecular formula is C16H26O10. The van der Waals surface area contributed by atoms with E-state index in [2.05, 4.69) is 0 Å². The SMILES string of the molecule is COC[C@@H](OC(C)=O)[C@H](OC)[C@H](OC(C)=O)[C@H](COC(C)=O)OC(C)=O. The molecule has 0 aliphatic heterocycles. The number of carbonyl (C=O) groups is 4. The summed E-state index contributed by atoms with van der Waals surface area (Å²) in [5.74, 6) is -2.62. The third kappa shape index (κ3) is 9.33. The first-order chi connectivity index (χ1) is 12.1. The lowest BCUT2D eigenvalue weighted by atomic mass is 10.0. The molecule has 10 heteroatoms. The molecule has 4 atom stereocenters. The van der Waals surface area contributed by atoms with E-state index >= 15 is 0 Å². The number of carbonyl (C=O) groups excluding carboxylic acids is 4. The fourth-order valence-corrected chi connectivity index (χ4v) is 2.23. The molecule has 26 heavy (non-hydrogen) atoms. The van der Waals surface area contributed by atoms with Crippen molar-refractivity contribution in [3.63, 3.8) is 0 Å². The van der Waals surface area contributed by atoms with Gasteiger partial charge in [-0.2, -0.15) is 0 Å². The maximum Gasteiger partial charge on any atom is 0.303 e. The van der Waals surface area contributed by atoms with Crippen molar-refractivity contribution in [3.8, 4) is 0 Å². The van der Waals surface area contributed by atoms with Gasteiger partial charge in [-0.3, -0.25) is 19.2 Å². The minimum atomic E-state index is -1.22. The Morgan fingerprint density at radius 2 is 1.12 bits per heavy atom. The molecule has 0 aromatic heterocycles. The molecule has 0 unspecified atom stereocenters. The second kappa shape index (κ2) is 12.2. The highest BCUT2D eigenvalue weighted by Crippen LogP contribution is 2.19. The first kappa shape index (κ1) is 23.8. The molecule has 0 N–H and O–H groups in total. The van der Waals surface area contributed by atoms with Crippen molar-refractivity contribution < 1.29 is 47.6 Å². The summed E-state index contributed by atoms with van der Waals surface area (Å²) < 4.78 is 30.7. The molecule has 0 rings (SSSR count). The minimum absolute atomic E-state index is 0.0732. The van der Waals surface area contributed by atoms with Crippen LogP contribution in [0.25, 0.3) is 0 Å². The largest absolute Gasteiger partial charge is 0.462 e. The zero-order chi connectivity index (χ0) is 20.3. The van der Waals surface area contributed by atoms with Crippen LogP contribution < -0.4 is 0 Å². The summed E-state index contributed by atoms with van der Waals surface area (Å²) in [4.78, 5) is 45.4. The van der Waals surface area contributed by atoms with Gasteiger partial charge in [0.2, 0.25) is 0 Å². The van der Waals surface area contributed by atoms with Gasteiger partial charge in [0, 0.05) is 41.9 Å². The van der Waals surface area contributed by atoms with Crippen LogP contribution in [0.3, 0.4) is 0 Å². The van der Waals surface area contributed by atoms with Gasteiger partial charge in [-0.05, 0) is 0 Å². The quantitative estimate of drug-likeness (QED) is 0.358. The number of hydrogen-bond acceptors (Lipinski definition) is 10. The van der Waals surface area contributed by atoms with Gasteiger partial charge in [-0.25, -0.2) is 0 Å². The van der Waals surface area contributed by atoms with Gasteiger partial charge in [0.1, 0.15) is 12.7 Å². The molecule has 0 heterocycles. The average molecular weight is 378 g/mol. The van der Waals surface area contributed by atoms with Crippen molar-refractivity contribution in [2.24, 2.45) is 0 Å². The minimum Gasteiger partial charge on any atom is -0.462 e. The number of rotatable bonds is 11. The fraction of sp³-hybridized carbons (Fsp3) is 0.750. The highest BCUT2D eigenvalue weighted by Gasteiger charge is 2.41. The number of ether oxygens (including phenoxy) is 6. The Hall–Kier alpha value is -2.20. The van der Waals surface area contributed by atoms with Gasteiger partial charge in [0.15, 0.2) is 18.3 Å². The molecule has 0 spiro atoms. The molecule has 150 valence electrons. The Kier molecular flexibility index (Phi) is 11.2. The molecule has 0 bridgehead atoms. The second-order valence-corrected chi connectivity index (χ2v) is 5.33. The molecule has 0 saturated carbocycles. The molecule has 0 aromatic carbocycles. The predicted octanol–water partition coefficient (Wildman–Crippen LogP) is 0.00600. The van der Waals surface area contributed by atoms with Crippen LogP contribution in [-0.2, 0) is 47.6 Å². The number of methoxy groups -OCH3 is 2. The lowest BCUT2D eigenvalue weighted by molar-refractivity contribution is -0.199. The molecule has 0 aliphatic carbocycles. The van der Waals surface area contributed by atoms with Crippen LogP contribution in [0.1, 0.15) is 27.7 Å². The Labute approximate surface area is 152 Å². The Morgan fingerprint density at radius 3 is 1.46 bits per heavy atom. The van der Waals surface area contributed by atoms with Crippen LogP contribution >= 0.6 is 0 Å². The second-order valence-electron chi connectivity index (χ2n) is 5.33. The van der Waals surface area contributed by atoms with Crippen LogP contribution in [0.15, 0.2) is 0 Å². The summed E-state index contributed by atoms with van der Waals surface area (Å²) in [6.07, 6.45) is -4.43. The van der Waals surface area contributed by atoms with Gasteiger partial charge < -0.3 is 28.4 Å². The van der Waals surface area contributed by atoms with E-state index in [4.69, 9.17) is 28.4 Å². The summed E-state index contributed by atoms with van der Waals surface area (Å²) in [7, 11) is 2.68. The maximum atomic E-state index is 11.5. The first-order valence-corrected chi connectivity index (χ1v) is 7.79. The zero-order valence-corrected chi connectivity index (χ0v) is 15.8. The topological polar surface area (TPSA) is 124 Å². The summed E-state index contributed by atoms with van der Waals surface area (Å²) >= 11 is 0. The molecule has 0 fully saturated rings. The van der Waals surface area contributed by atoms with E-state index in [-0.39, 0.29) is 13.2 Å². The summed E-state index contributed by atoms with van der Waals surface area (Å²) in [5, 5.41) is 0. The van der Waals surface area contributed by atoms with Crippen molar-refractivity contribution in [3.05, 3.63) is 0 Å². The molecule has 0 saturated heterocycles. The Balaban J connectivity index is 5.74. The lowest BCUT2D eigenvalue weighted by Gasteiger charge is -2.34. The normalized spacial score (nSPS) is 15.2. The third-order valence-corrected chi connectivity index (χ3v) is 3.05. The van der Waals surface area contributed by atoms with E-state index in [9.17, 15) is 19.2 Å². The lowest BCUT2D eigenvalue weighted by Crippen LogP contribution is -2.53. The van der Waals surface area contributed by atoms with E-state index in [1.54, 1.807) is 0 Å². The van der Waals surface area contributed by atoms with Gasteiger partial charge in [0.05, 0.1) is 6.61 Å². The van der Waals surface area contributed by atoms with Gasteiger partial charge >= 0.3 is 23.9 Å². The molecular weight excluding hydrogens is 352 g/mol. The molecule has 0 radical (unpaired) electrons. The van der Waals surface area contributed by atoms with Crippen LogP contribution in [0.2, 0.25) is 0 Å². The standard InChI is InChI=1S/C16H26O10/c1-9(17)23-8-14(25-11(3)19)16(26-12(4)20)15(22-6)13(7-21-5)24-10(2)18/h13-16H,7-8H2,1-6H3/t13-,14+,15+,16-/m1/s1. The van der Waals surface area contributed by atoms with E-state index in [0.717, 1.165) is 13.8 Å². The van der Waals surface area contributed by atoms with Gasteiger partial charge in [-0.15, -0.1) is 0 Å². The summed E-state index contributed by atoms with van der Waals surface area (Å²) in [5.41, 5.74) is 0. The third-order valence-electron chi connectivity index (χ3n) is 3.05. The van der Waals surface area contributed by atoms with Crippen molar-refractivity contribution in [1.82, 2.24) is 0 Å². The van der Waals surface area contributed by atoms with Crippen molar-refractivity contribution in [2.75, 3.05) is 27.4 Å². The molecule has 10 nitrogen and oxygen atoms in total. The summed E-state index contributed by atoms with van der Waals surface area (Å²) in [6.45, 7) is 4.20. The first-order valence-electron chi connectivity index (χ1n) is 7.79. The highest BCUT2D eigenvalue weighted by molar-refractivity contribution is 5.68. The summed E-state index contributed by atoms with van der Waals surface area (Å²) in [6, 6.07) is 0. The van der Waals surface area contributed by atoms with Crippen molar-refractivity contribution in [2.45, 2.75) is 52.1 Å². The predicted molar refractivity (Wildman–Crippen MR) is 86.0 cm³/mol. The van der Waals surface area contributed by atoms with E-state index < -0.39 is 48.3 Å². The highest BCUT2D eigenvalue weighted by atomic mass is 16.6. The fourth-order valence-electron chi connectivity index (χ4n) is 2.23. The van der Waals surface area contributed by atoms with Crippen molar-refractivity contribution in [1.29, 1.82) is 0 Å². The van der Waals surface area contributed by atoms with Crippen LogP contribution in [0.4, 0.5) is 0 Å². The van der Waals surface area contributed by atoms with Crippen LogP contribution in [0.5, 0.6) is 0 Å². The van der Waals surface area contributed by atoms with E-state index in [0.29, 0.717) is 0 Å². The zero-order valence-electron chi connectivity index (χ0n) is 15.8. The van der Waals surface area contributed by atoms with Gasteiger partial charge in [-0.1, -0.05) is 0 Å². The Bertz CT molecular complexity index is 489. The molecule has 0 amide bonds. The van der Waals surface area contributed by atoms with Crippen LogP contribution in [0, 0.1) is 0 Å². The monoisotopic (exact) mass is 378 g/mol. The van der Waals surface area contributed by atoms with Crippen molar-refractivity contribution >= 4 is 23.9 Å². The van der Waals surface area contributed by atoms with E-state index in [1.807, 2.05) is 0 Å². The number of esters is 4. The maximum absolute atomic E-state index is 11.5. The van der Waals surface area contributed by atoms with Crippen LogP contribution in [-0.4, -0.2) is 75.7 Å². The Morgan fingerprint density at radius 1 is 0.654 bits per heavy atom. The average Bonchev–Trinajstić information content (AvgIpc) is 2.50.